The molecule has 1 amide bonds. The third-order valence-corrected chi connectivity index (χ3v) is 3.19. The number of ether oxygens (including phenoxy) is 1. The van der Waals surface area contributed by atoms with Crippen molar-refractivity contribution in [3.8, 4) is 5.75 Å². The topological polar surface area (TPSA) is 92.8 Å². The SMILES string of the molecule is Cc1ccc(OCc2ccccc2)c(C(=O)Nc2nnn[nH]2)c1. The number of benzene rings is 2. The highest BCUT2D eigenvalue weighted by atomic mass is 16.5. The van der Waals surface area contributed by atoms with Crippen molar-refractivity contribution in [2.75, 3.05) is 5.32 Å². The number of tetrazole rings is 1. The van der Waals surface area contributed by atoms with E-state index in [9.17, 15) is 4.79 Å². The van der Waals surface area contributed by atoms with Gasteiger partial charge in [0.05, 0.1) is 5.56 Å². The van der Waals surface area contributed by atoms with E-state index in [4.69, 9.17) is 4.74 Å². The molecule has 0 aliphatic heterocycles. The second-order valence-corrected chi connectivity index (χ2v) is 4.98. The molecule has 0 unspecified atom stereocenters. The molecular formula is C16H15N5O2. The standard InChI is InChI=1S/C16H15N5O2/c1-11-7-8-14(23-10-12-5-3-2-4-6-12)13(9-11)15(22)17-16-18-20-21-19-16/h2-9H,10H2,1H3,(H2,17,18,19,20,21,22). The summed E-state index contributed by atoms with van der Waals surface area (Å²) < 4.78 is 5.80. The number of nitrogens with one attached hydrogen (secondary N) is 2. The fraction of sp³-hybridized carbons (Fsp3) is 0.125. The van der Waals surface area contributed by atoms with Crippen LogP contribution in [-0.2, 0) is 6.61 Å². The van der Waals surface area contributed by atoms with Crippen LogP contribution in [0.3, 0.4) is 0 Å². The van der Waals surface area contributed by atoms with Crippen LogP contribution < -0.4 is 10.1 Å². The molecule has 0 atom stereocenters. The van der Waals surface area contributed by atoms with Crippen molar-refractivity contribution < 1.29 is 9.53 Å². The zero-order valence-corrected chi connectivity index (χ0v) is 12.5. The maximum Gasteiger partial charge on any atom is 0.261 e. The maximum absolute atomic E-state index is 12.4. The number of carbonyl (C=O) groups excluding carboxylic acids is 1. The molecule has 2 N–H and O–H groups in total. The van der Waals surface area contributed by atoms with E-state index in [2.05, 4.69) is 25.9 Å². The van der Waals surface area contributed by atoms with Gasteiger partial charge in [-0.25, -0.2) is 5.10 Å². The normalized spacial score (nSPS) is 10.3. The van der Waals surface area contributed by atoms with Gasteiger partial charge in [-0.15, -0.1) is 0 Å². The van der Waals surface area contributed by atoms with Crippen LogP contribution in [0.5, 0.6) is 5.75 Å². The Kier molecular flexibility index (Phi) is 4.28. The number of aromatic nitrogens is 4. The van der Waals surface area contributed by atoms with Crippen LogP contribution in [0.25, 0.3) is 0 Å². The van der Waals surface area contributed by atoms with Gasteiger partial charge in [0.25, 0.3) is 5.91 Å². The van der Waals surface area contributed by atoms with E-state index < -0.39 is 0 Å². The number of hydrogen-bond acceptors (Lipinski definition) is 5. The zero-order chi connectivity index (χ0) is 16.1. The minimum absolute atomic E-state index is 0.186. The Bertz CT molecular complexity index is 787. The number of H-pyrrole nitrogens is 1. The lowest BCUT2D eigenvalue weighted by atomic mass is 10.1. The molecule has 23 heavy (non-hydrogen) atoms. The molecular weight excluding hydrogens is 294 g/mol. The molecule has 0 aliphatic carbocycles. The Hall–Kier alpha value is -3.22. The van der Waals surface area contributed by atoms with Gasteiger partial charge in [-0.3, -0.25) is 10.1 Å². The Morgan fingerprint density at radius 3 is 2.78 bits per heavy atom. The van der Waals surface area contributed by atoms with E-state index in [1.807, 2.05) is 43.3 Å². The third-order valence-electron chi connectivity index (χ3n) is 3.19. The fourth-order valence-corrected chi connectivity index (χ4v) is 2.07. The van der Waals surface area contributed by atoms with Gasteiger partial charge < -0.3 is 4.74 Å². The van der Waals surface area contributed by atoms with E-state index in [-0.39, 0.29) is 11.9 Å². The third kappa shape index (κ3) is 3.70. The Morgan fingerprint density at radius 2 is 2.04 bits per heavy atom. The van der Waals surface area contributed by atoms with E-state index in [0.29, 0.717) is 17.9 Å². The molecule has 0 saturated heterocycles. The molecule has 7 nitrogen and oxygen atoms in total. The number of rotatable bonds is 5. The fourth-order valence-electron chi connectivity index (χ4n) is 2.07. The first-order chi connectivity index (χ1) is 11.2. The van der Waals surface area contributed by atoms with Crippen molar-refractivity contribution in [2.45, 2.75) is 13.5 Å². The molecule has 0 saturated carbocycles. The van der Waals surface area contributed by atoms with Gasteiger partial charge in [-0.2, -0.15) is 0 Å². The van der Waals surface area contributed by atoms with E-state index >= 15 is 0 Å². The summed E-state index contributed by atoms with van der Waals surface area (Å²) in [5, 5.41) is 15.6. The lowest BCUT2D eigenvalue weighted by Crippen LogP contribution is -2.15. The van der Waals surface area contributed by atoms with Gasteiger partial charge in [0, 0.05) is 0 Å². The van der Waals surface area contributed by atoms with Gasteiger partial charge in [-0.1, -0.05) is 47.1 Å². The summed E-state index contributed by atoms with van der Waals surface area (Å²) in [4.78, 5) is 12.4. The average Bonchev–Trinajstić information content (AvgIpc) is 3.07. The Balaban J connectivity index is 1.78. The minimum Gasteiger partial charge on any atom is -0.488 e. The number of anilines is 1. The van der Waals surface area contributed by atoms with Crippen molar-refractivity contribution >= 4 is 11.9 Å². The molecule has 3 rings (SSSR count). The largest absolute Gasteiger partial charge is 0.488 e. The van der Waals surface area contributed by atoms with E-state index in [1.54, 1.807) is 12.1 Å². The predicted octanol–water partition coefficient (Wildman–Crippen LogP) is 2.34. The van der Waals surface area contributed by atoms with Crippen LogP contribution in [0, 0.1) is 6.92 Å². The van der Waals surface area contributed by atoms with Crippen LogP contribution in [0.15, 0.2) is 48.5 Å². The van der Waals surface area contributed by atoms with Crippen LogP contribution in [0.4, 0.5) is 5.95 Å². The van der Waals surface area contributed by atoms with Crippen molar-refractivity contribution in [3.63, 3.8) is 0 Å². The van der Waals surface area contributed by atoms with Crippen molar-refractivity contribution in [1.29, 1.82) is 0 Å². The highest BCUT2D eigenvalue weighted by molar-refractivity contribution is 6.05. The molecule has 3 aromatic rings. The summed E-state index contributed by atoms with van der Waals surface area (Å²) in [5.41, 5.74) is 2.41. The van der Waals surface area contributed by atoms with Crippen molar-refractivity contribution in [2.24, 2.45) is 0 Å². The molecule has 0 radical (unpaired) electrons. The van der Waals surface area contributed by atoms with Gasteiger partial charge in [0.15, 0.2) is 0 Å². The molecule has 0 aliphatic rings. The van der Waals surface area contributed by atoms with E-state index in [0.717, 1.165) is 11.1 Å². The van der Waals surface area contributed by atoms with Crippen LogP contribution >= 0.6 is 0 Å². The van der Waals surface area contributed by atoms with Gasteiger partial charge in [0.1, 0.15) is 12.4 Å². The lowest BCUT2D eigenvalue weighted by molar-refractivity contribution is 0.102. The first-order valence-corrected chi connectivity index (χ1v) is 7.05. The highest BCUT2D eigenvalue weighted by Crippen LogP contribution is 2.22. The minimum atomic E-state index is -0.338. The summed E-state index contributed by atoms with van der Waals surface area (Å²) in [5.74, 6) is 0.352. The average molecular weight is 309 g/mol. The summed E-state index contributed by atoms with van der Waals surface area (Å²) >= 11 is 0. The second kappa shape index (κ2) is 6.69. The summed E-state index contributed by atoms with van der Waals surface area (Å²) in [6.45, 7) is 2.29. The second-order valence-electron chi connectivity index (χ2n) is 4.98. The maximum atomic E-state index is 12.4. The highest BCUT2D eigenvalue weighted by Gasteiger charge is 2.14. The van der Waals surface area contributed by atoms with Gasteiger partial charge >= 0.3 is 0 Å². The van der Waals surface area contributed by atoms with Gasteiger partial charge in [0.2, 0.25) is 5.95 Å². The first kappa shape index (κ1) is 14.7. The zero-order valence-electron chi connectivity index (χ0n) is 12.5. The Morgan fingerprint density at radius 1 is 1.22 bits per heavy atom. The molecule has 7 heteroatoms. The summed E-state index contributed by atoms with van der Waals surface area (Å²) in [6.07, 6.45) is 0. The van der Waals surface area contributed by atoms with Crippen LogP contribution in [-0.4, -0.2) is 26.5 Å². The first-order valence-electron chi connectivity index (χ1n) is 7.05. The predicted molar refractivity (Wildman–Crippen MR) is 84.1 cm³/mol. The number of carbonyl (C=O) groups is 1. The van der Waals surface area contributed by atoms with Crippen molar-refractivity contribution in [1.82, 2.24) is 20.6 Å². The van der Waals surface area contributed by atoms with E-state index in [1.165, 1.54) is 0 Å². The monoisotopic (exact) mass is 309 g/mol. The smallest absolute Gasteiger partial charge is 0.261 e. The lowest BCUT2D eigenvalue weighted by Gasteiger charge is -2.12. The van der Waals surface area contributed by atoms with Crippen LogP contribution in [0.1, 0.15) is 21.5 Å². The molecule has 0 fully saturated rings. The quantitative estimate of drug-likeness (QED) is 0.754. The van der Waals surface area contributed by atoms with Crippen molar-refractivity contribution in [3.05, 3.63) is 65.2 Å². The number of aryl methyl sites for hydroxylation is 1. The molecule has 0 bridgehead atoms. The molecule has 2 aromatic carbocycles. The molecule has 1 aromatic heterocycles. The Labute approximate surface area is 132 Å². The molecule has 0 spiro atoms. The van der Waals surface area contributed by atoms with Crippen LogP contribution in [0.2, 0.25) is 0 Å². The number of aromatic amines is 1. The molecule has 1 heterocycles. The number of hydrogen-bond donors (Lipinski definition) is 2. The molecule has 116 valence electrons. The van der Waals surface area contributed by atoms with Gasteiger partial charge in [-0.05, 0) is 35.0 Å². The number of amides is 1. The summed E-state index contributed by atoms with van der Waals surface area (Å²) in [7, 11) is 0. The summed E-state index contributed by atoms with van der Waals surface area (Å²) in [6, 6.07) is 15.2. The number of nitrogens with zero attached hydrogens (tertiary/aromatic N) is 3.